The second kappa shape index (κ2) is 8.18. The third-order valence-electron chi connectivity index (χ3n) is 3.33. The molecule has 0 heterocycles. The van der Waals surface area contributed by atoms with Crippen LogP contribution >= 0.6 is 0 Å². The van der Waals surface area contributed by atoms with E-state index in [-0.39, 0.29) is 24.8 Å². The van der Waals surface area contributed by atoms with Crippen molar-refractivity contribution in [2.24, 2.45) is 5.92 Å². The Bertz CT molecular complexity index is 477. The highest BCUT2D eigenvalue weighted by Gasteiger charge is 2.28. The zero-order chi connectivity index (χ0) is 16.8. The van der Waals surface area contributed by atoms with E-state index in [0.29, 0.717) is 18.9 Å². The fourth-order valence-corrected chi connectivity index (χ4v) is 2.21. The van der Waals surface area contributed by atoms with E-state index in [1.54, 1.807) is 4.90 Å². The van der Waals surface area contributed by atoms with Crippen LogP contribution in [0.3, 0.4) is 0 Å². The molecule has 0 aliphatic rings. The standard InChI is InChI=1S/C18H29NO3/c1-14(2)12-19(18(3,4)5)17(21)22-13-16-8-6-7-15(11-16)9-10-20/h6-8,11,14,20H,9-10,12-13H2,1-5H3. The summed E-state index contributed by atoms with van der Waals surface area (Å²) in [5, 5.41) is 8.98. The van der Waals surface area contributed by atoms with Crippen molar-refractivity contribution >= 4 is 6.09 Å². The minimum atomic E-state index is -0.284. The Labute approximate surface area is 134 Å². The normalized spacial score (nSPS) is 11.6. The Morgan fingerprint density at radius 1 is 1.27 bits per heavy atom. The summed E-state index contributed by atoms with van der Waals surface area (Å²) in [5.74, 6) is 0.389. The van der Waals surface area contributed by atoms with Gasteiger partial charge in [0.15, 0.2) is 0 Å². The third kappa shape index (κ3) is 6.06. The summed E-state index contributed by atoms with van der Waals surface area (Å²) in [6.45, 7) is 11.3. The fourth-order valence-electron chi connectivity index (χ4n) is 2.21. The molecule has 0 atom stereocenters. The van der Waals surface area contributed by atoms with Crippen LogP contribution in [0.2, 0.25) is 0 Å². The van der Waals surface area contributed by atoms with Crippen LogP contribution in [0.5, 0.6) is 0 Å². The zero-order valence-electron chi connectivity index (χ0n) is 14.4. The van der Waals surface area contributed by atoms with E-state index >= 15 is 0 Å². The minimum absolute atomic E-state index is 0.120. The number of aliphatic hydroxyl groups excluding tert-OH is 1. The van der Waals surface area contributed by atoms with E-state index in [0.717, 1.165) is 11.1 Å². The van der Waals surface area contributed by atoms with Crippen molar-refractivity contribution in [3.63, 3.8) is 0 Å². The van der Waals surface area contributed by atoms with Crippen LogP contribution in [-0.2, 0) is 17.8 Å². The van der Waals surface area contributed by atoms with E-state index < -0.39 is 0 Å². The second-order valence-electron chi connectivity index (χ2n) is 7.02. The van der Waals surface area contributed by atoms with E-state index in [2.05, 4.69) is 13.8 Å². The van der Waals surface area contributed by atoms with Gasteiger partial charge in [0.2, 0.25) is 0 Å². The molecule has 0 bridgehead atoms. The van der Waals surface area contributed by atoms with Crippen LogP contribution < -0.4 is 0 Å². The number of carbonyl (C=O) groups excluding carboxylic acids is 1. The molecule has 0 unspecified atom stereocenters. The predicted octanol–water partition coefficient (Wildman–Crippen LogP) is 3.61. The number of ether oxygens (including phenoxy) is 1. The van der Waals surface area contributed by atoms with Crippen molar-refractivity contribution in [3.05, 3.63) is 35.4 Å². The average Bonchev–Trinajstić information content (AvgIpc) is 2.42. The molecule has 4 heteroatoms. The van der Waals surface area contributed by atoms with E-state index in [1.807, 2.05) is 45.0 Å². The molecule has 4 nitrogen and oxygen atoms in total. The van der Waals surface area contributed by atoms with Gasteiger partial charge in [-0.25, -0.2) is 4.79 Å². The van der Waals surface area contributed by atoms with Gasteiger partial charge in [-0.3, -0.25) is 0 Å². The first kappa shape index (κ1) is 18.5. The molecule has 0 aliphatic carbocycles. The van der Waals surface area contributed by atoms with Crippen LogP contribution in [0.15, 0.2) is 24.3 Å². The molecule has 0 radical (unpaired) electrons. The molecular weight excluding hydrogens is 278 g/mol. The van der Waals surface area contributed by atoms with Crippen LogP contribution in [-0.4, -0.2) is 34.8 Å². The van der Waals surface area contributed by atoms with E-state index in [9.17, 15) is 4.79 Å². The topological polar surface area (TPSA) is 49.8 Å². The maximum atomic E-state index is 12.4. The molecule has 1 amide bonds. The van der Waals surface area contributed by atoms with Gasteiger partial charge >= 0.3 is 6.09 Å². The number of rotatable bonds is 6. The van der Waals surface area contributed by atoms with Crippen LogP contribution in [0.25, 0.3) is 0 Å². The molecule has 0 spiro atoms. The molecule has 0 saturated carbocycles. The molecule has 0 aliphatic heterocycles. The highest BCUT2D eigenvalue weighted by Crippen LogP contribution is 2.18. The number of hydrogen-bond acceptors (Lipinski definition) is 3. The molecule has 22 heavy (non-hydrogen) atoms. The quantitative estimate of drug-likeness (QED) is 0.873. The Kier molecular flexibility index (Phi) is 6.88. The maximum Gasteiger partial charge on any atom is 0.410 e. The van der Waals surface area contributed by atoms with E-state index in [4.69, 9.17) is 9.84 Å². The Morgan fingerprint density at radius 3 is 2.45 bits per heavy atom. The van der Waals surface area contributed by atoms with Gasteiger partial charge in [-0.15, -0.1) is 0 Å². The largest absolute Gasteiger partial charge is 0.445 e. The summed E-state index contributed by atoms with van der Waals surface area (Å²) < 4.78 is 5.48. The number of benzene rings is 1. The third-order valence-corrected chi connectivity index (χ3v) is 3.33. The summed E-state index contributed by atoms with van der Waals surface area (Å²) in [7, 11) is 0. The first-order chi connectivity index (χ1) is 10.2. The second-order valence-corrected chi connectivity index (χ2v) is 7.02. The van der Waals surface area contributed by atoms with E-state index in [1.165, 1.54) is 0 Å². The number of aliphatic hydroxyl groups is 1. The van der Waals surface area contributed by atoms with Crippen LogP contribution in [0.4, 0.5) is 4.79 Å². The number of nitrogens with zero attached hydrogens (tertiary/aromatic N) is 1. The SMILES string of the molecule is CC(C)CN(C(=O)OCc1cccc(CCO)c1)C(C)(C)C. The minimum Gasteiger partial charge on any atom is -0.445 e. The number of carbonyl (C=O) groups is 1. The summed E-state index contributed by atoms with van der Waals surface area (Å²) in [6, 6.07) is 7.77. The smallest absolute Gasteiger partial charge is 0.410 e. The molecule has 0 saturated heterocycles. The zero-order valence-corrected chi connectivity index (χ0v) is 14.4. The highest BCUT2D eigenvalue weighted by molar-refractivity contribution is 5.68. The molecule has 0 fully saturated rings. The van der Waals surface area contributed by atoms with Crippen molar-refractivity contribution in [3.8, 4) is 0 Å². The number of hydrogen-bond donors (Lipinski definition) is 1. The molecule has 1 aromatic carbocycles. The Hall–Kier alpha value is -1.55. The highest BCUT2D eigenvalue weighted by atomic mass is 16.6. The summed E-state index contributed by atoms with van der Waals surface area (Å²) >= 11 is 0. The summed E-state index contributed by atoms with van der Waals surface area (Å²) in [6.07, 6.45) is 0.331. The summed E-state index contributed by atoms with van der Waals surface area (Å²) in [5.41, 5.74) is 1.73. The molecule has 1 aromatic rings. The van der Waals surface area contributed by atoms with Crippen molar-refractivity contribution in [1.82, 2.24) is 4.90 Å². The first-order valence-corrected chi connectivity index (χ1v) is 7.87. The Balaban J connectivity index is 2.68. The van der Waals surface area contributed by atoms with Crippen molar-refractivity contribution in [2.45, 2.75) is 53.2 Å². The lowest BCUT2D eigenvalue weighted by Crippen LogP contribution is -2.47. The average molecular weight is 307 g/mol. The first-order valence-electron chi connectivity index (χ1n) is 7.87. The molecular formula is C18H29NO3. The van der Waals surface area contributed by atoms with Gasteiger partial charge < -0.3 is 14.7 Å². The lowest BCUT2D eigenvalue weighted by Gasteiger charge is -2.36. The van der Waals surface area contributed by atoms with Gasteiger partial charge in [0.05, 0.1) is 0 Å². The van der Waals surface area contributed by atoms with Crippen LogP contribution in [0, 0.1) is 5.92 Å². The Morgan fingerprint density at radius 2 is 1.91 bits per heavy atom. The lowest BCUT2D eigenvalue weighted by molar-refractivity contribution is 0.0569. The number of amides is 1. The van der Waals surface area contributed by atoms with Crippen LogP contribution in [0.1, 0.15) is 45.7 Å². The molecule has 1 N–H and O–H groups in total. The van der Waals surface area contributed by atoms with Gasteiger partial charge in [-0.1, -0.05) is 38.1 Å². The lowest BCUT2D eigenvalue weighted by atomic mass is 10.0. The van der Waals surface area contributed by atoms with Crippen molar-refractivity contribution in [1.29, 1.82) is 0 Å². The van der Waals surface area contributed by atoms with Gasteiger partial charge in [0.25, 0.3) is 0 Å². The maximum absolute atomic E-state index is 12.4. The monoisotopic (exact) mass is 307 g/mol. The molecule has 1 rings (SSSR count). The molecule has 0 aromatic heterocycles. The van der Waals surface area contributed by atoms with Gasteiger partial charge in [-0.2, -0.15) is 0 Å². The van der Waals surface area contributed by atoms with Gasteiger partial charge in [-0.05, 0) is 44.2 Å². The fraction of sp³-hybridized carbons (Fsp3) is 0.611. The van der Waals surface area contributed by atoms with Crippen molar-refractivity contribution < 1.29 is 14.6 Å². The molecule has 124 valence electrons. The summed E-state index contributed by atoms with van der Waals surface area (Å²) in [4.78, 5) is 14.1. The van der Waals surface area contributed by atoms with Crippen molar-refractivity contribution in [2.75, 3.05) is 13.2 Å². The van der Waals surface area contributed by atoms with Gasteiger partial charge in [0.1, 0.15) is 6.61 Å². The van der Waals surface area contributed by atoms with Gasteiger partial charge in [0, 0.05) is 18.7 Å². The predicted molar refractivity (Wildman–Crippen MR) is 88.7 cm³/mol.